The quantitative estimate of drug-likeness (QED) is 0.467. The zero-order chi connectivity index (χ0) is 10.1. The van der Waals surface area contributed by atoms with Crippen LogP contribution in [0.25, 0.3) is 5.69 Å². The first-order chi connectivity index (χ1) is 6.68. The Morgan fingerprint density at radius 3 is 2.71 bits per heavy atom. The van der Waals surface area contributed by atoms with Crippen LogP contribution in [0, 0.1) is 0 Å². The molecule has 2 N–H and O–H groups in total. The summed E-state index contributed by atoms with van der Waals surface area (Å²) in [5.41, 5.74) is 0.278. The number of benzene rings is 1. The normalized spacial score (nSPS) is 10.4. The van der Waals surface area contributed by atoms with Crippen LogP contribution in [0.2, 0.25) is 0 Å². The minimum atomic E-state index is -0.0367. The van der Waals surface area contributed by atoms with Crippen LogP contribution in [0.5, 0.6) is 11.5 Å². The second-order valence-corrected chi connectivity index (χ2v) is 2.96. The van der Waals surface area contributed by atoms with Gasteiger partial charge in [0, 0.05) is 6.07 Å². The fourth-order valence-electron chi connectivity index (χ4n) is 1.02. The van der Waals surface area contributed by atoms with Gasteiger partial charge in [0.2, 0.25) is 5.16 Å². The molecule has 0 aliphatic rings. The topological polar surface area (TPSA) is 84.1 Å². The molecule has 0 radical (unpaired) electrons. The summed E-state index contributed by atoms with van der Waals surface area (Å²) in [6.45, 7) is 0. The Balaban J connectivity index is 2.62. The smallest absolute Gasteiger partial charge is 0.211 e. The highest BCUT2D eigenvalue weighted by Crippen LogP contribution is 2.26. The Kier molecular flexibility index (Phi) is 2.01. The first kappa shape index (κ1) is 8.82. The highest BCUT2D eigenvalue weighted by molar-refractivity contribution is 7.80. The molecule has 0 spiro atoms. The molecule has 6 nitrogen and oxygen atoms in total. The second-order valence-electron chi connectivity index (χ2n) is 2.56. The summed E-state index contributed by atoms with van der Waals surface area (Å²) in [7, 11) is 0. The van der Waals surface area contributed by atoms with Crippen LogP contribution in [-0.4, -0.2) is 30.4 Å². The van der Waals surface area contributed by atoms with Crippen LogP contribution in [0.1, 0.15) is 0 Å². The lowest BCUT2D eigenvalue weighted by molar-refractivity contribution is 0.454. The maximum atomic E-state index is 9.47. The maximum absolute atomic E-state index is 9.47. The third kappa shape index (κ3) is 1.37. The van der Waals surface area contributed by atoms with E-state index in [9.17, 15) is 10.2 Å². The largest absolute Gasteiger partial charge is 0.508 e. The van der Waals surface area contributed by atoms with Crippen molar-refractivity contribution in [3.8, 4) is 17.2 Å². The minimum Gasteiger partial charge on any atom is -0.508 e. The van der Waals surface area contributed by atoms with Gasteiger partial charge in [-0.05, 0) is 22.6 Å². The Labute approximate surface area is 84.2 Å². The van der Waals surface area contributed by atoms with Crippen molar-refractivity contribution in [1.82, 2.24) is 20.2 Å². The number of phenolic OH excluding ortho intramolecular Hbond substituents is 2. The van der Waals surface area contributed by atoms with Crippen LogP contribution in [0.4, 0.5) is 0 Å². The summed E-state index contributed by atoms with van der Waals surface area (Å²) in [5.74, 6) is -0.0218. The molecule has 1 heterocycles. The summed E-state index contributed by atoms with van der Waals surface area (Å²) < 4.78 is 1.21. The summed E-state index contributed by atoms with van der Waals surface area (Å²) in [5, 5.41) is 29.4. The van der Waals surface area contributed by atoms with Gasteiger partial charge in [0.25, 0.3) is 0 Å². The SMILES string of the molecule is Oc1ccc(O)c(-n2nnnc2S)c1. The van der Waals surface area contributed by atoms with Crippen molar-refractivity contribution < 1.29 is 10.2 Å². The molecule has 1 aromatic carbocycles. The van der Waals surface area contributed by atoms with E-state index in [4.69, 9.17) is 0 Å². The Morgan fingerprint density at radius 2 is 2.07 bits per heavy atom. The van der Waals surface area contributed by atoms with Crippen LogP contribution >= 0.6 is 12.6 Å². The fourth-order valence-corrected chi connectivity index (χ4v) is 1.21. The zero-order valence-electron chi connectivity index (χ0n) is 6.86. The van der Waals surface area contributed by atoms with Crippen molar-refractivity contribution in [2.24, 2.45) is 0 Å². The molecule has 0 saturated heterocycles. The van der Waals surface area contributed by atoms with Crippen LogP contribution in [-0.2, 0) is 0 Å². The van der Waals surface area contributed by atoms with Gasteiger partial charge in [0.05, 0.1) is 0 Å². The molecule has 0 amide bonds. The molecular formula is C7H6N4O2S. The molecule has 2 aromatic rings. The van der Waals surface area contributed by atoms with Gasteiger partial charge >= 0.3 is 0 Å². The number of rotatable bonds is 1. The first-order valence-corrected chi connectivity index (χ1v) is 4.13. The van der Waals surface area contributed by atoms with E-state index in [0.717, 1.165) is 0 Å². The number of phenols is 2. The number of aromatic nitrogens is 4. The number of tetrazole rings is 1. The highest BCUT2D eigenvalue weighted by atomic mass is 32.1. The van der Waals surface area contributed by atoms with E-state index in [1.54, 1.807) is 0 Å². The molecule has 0 aliphatic carbocycles. The van der Waals surface area contributed by atoms with Gasteiger partial charge in [-0.15, -0.1) is 17.7 Å². The lowest BCUT2D eigenvalue weighted by Gasteiger charge is -2.03. The van der Waals surface area contributed by atoms with E-state index < -0.39 is 0 Å². The van der Waals surface area contributed by atoms with Crippen LogP contribution < -0.4 is 0 Å². The molecule has 0 saturated carbocycles. The molecule has 0 bridgehead atoms. The van der Waals surface area contributed by atoms with Gasteiger partial charge in [-0.25, -0.2) is 0 Å². The Morgan fingerprint density at radius 1 is 1.29 bits per heavy atom. The van der Waals surface area contributed by atoms with Gasteiger partial charge in [-0.2, -0.15) is 4.68 Å². The Bertz CT molecular complexity index is 470. The van der Waals surface area contributed by atoms with E-state index in [1.165, 1.54) is 22.9 Å². The fraction of sp³-hybridized carbons (Fsp3) is 0. The molecule has 1 aromatic heterocycles. The lowest BCUT2D eigenvalue weighted by atomic mass is 10.3. The molecule has 14 heavy (non-hydrogen) atoms. The van der Waals surface area contributed by atoms with Gasteiger partial charge < -0.3 is 10.2 Å². The molecule has 72 valence electrons. The average Bonchev–Trinajstić information content (AvgIpc) is 2.56. The molecule has 7 heteroatoms. The van der Waals surface area contributed by atoms with E-state index >= 15 is 0 Å². The van der Waals surface area contributed by atoms with Crippen molar-refractivity contribution in [2.45, 2.75) is 5.16 Å². The van der Waals surface area contributed by atoms with Gasteiger partial charge in [-0.3, -0.25) is 0 Å². The van der Waals surface area contributed by atoms with E-state index in [2.05, 4.69) is 28.2 Å². The Hall–Kier alpha value is -1.76. The summed E-state index contributed by atoms with van der Waals surface area (Å²) in [6.07, 6.45) is 0. The first-order valence-electron chi connectivity index (χ1n) is 3.68. The second kappa shape index (κ2) is 3.18. The van der Waals surface area contributed by atoms with E-state index in [0.29, 0.717) is 0 Å². The van der Waals surface area contributed by atoms with E-state index in [1.807, 2.05) is 0 Å². The standard InChI is InChI=1S/C7H6N4O2S/c12-4-1-2-6(13)5(3-4)11-7(14)8-9-10-11/h1-3,12-13H,(H,8,10,14). The molecule has 0 fully saturated rings. The molecule has 0 aliphatic heterocycles. The number of aromatic hydroxyl groups is 2. The van der Waals surface area contributed by atoms with Gasteiger partial charge in [0.15, 0.2) is 0 Å². The van der Waals surface area contributed by atoms with Crippen LogP contribution in [0.3, 0.4) is 0 Å². The van der Waals surface area contributed by atoms with Crippen molar-refractivity contribution >= 4 is 12.6 Å². The third-order valence-electron chi connectivity index (χ3n) is 1.64. The van der Waals surface area contributed by atoms with E-state index in [-0.39, 0.29) is 22.3 Å². The van der Waals surface area contributed by atoms with Crippen molar-refractivity contribution in [2.75, 3.05) is 0 Å². The minimum absolute atomic E-state index is 0.0148. The molecular weight excluding hydrogens is 204 g/mol. The third-order valence-corrected chi connectivity index (χ3v) is 1.92. The number of hydrogen-bond donors (Lipinski definition) is 3. The average molecular weight is 210 g/mol. The molecule has 0 atom stereocenters. The zero-order valence-corrected chi connectivity index (χ0v) is 7.76. The summed E-state index contributed by atoms with van der Waals surface area (Å²) in [4.78, 5) is 0. The van der Waals surface area contributed by atoms with Crippen LogP contribution in [0.15, 0.2) is 23.4 Å². The summed E-state index contributed by atoms with van der Waals surface area (Å²) in [6, 6.07) is 4.05. The van der Waals surface area contributed by atoms with Crippen molar-refractivity contribution in [1.29, 1.82) is 0 Å². The van der Waals surface area contributed by atoms with Crippen molar-refractivity contribution in [3.63, 3.8) is 0 Å². The monoisotopic (exact) mass is 210 g/mol. The lowest BCUT2D eigenvalue weighted by Crippen LogP contribution is -1.97. The predicted molar refractivity (Wildman–Crippen MR) is 49.7 cm³/mol. The molecule has 0 unspecified atom stereocenters. The number of thiol groups is 1. The number of nitrogens with zero attached hydrogens (tertiary/aromatic N) is 4. The highest BCUT2D eigenvalue weighted by Gasteiger charge is 2.09. The number of hydrogen-bond acceptors (Lipinski definition) is 6. The van der Waals surface area contributed by atoms with Crippen molar-refractivity contribution in [3.05, 3.63) is 18.2 Å². The predicted octanol–water partition coefficient (Wildman–Crippen LogP) is 0.362. The molecule has 2 rings (SSSR count). The maximum Gasteiger partial charge on any atom is 0.211 e. The summed E-state index contributed by atoms with van der Waals surface area (Å²) >= 11 is 3.98. The van der Waals surface area contributed by atoms with Gasteiger partial charge in [0.1, 0.15) is 17.2 Å². The van der Waals surface area contributed by atoms with Gasteiger partial charge in [-0.1, -0.05) is 0 Å².